The molecule has 8 heteroatoms. The third kappa shape index (κ3) is 3.90. The van der Waals surface area contributed by atoms with Gasteiger partial charge in [0.2, 0.25) is 0 Å². The summed E-state index contributed by atoms with van der Waals surface area (Å²) >= 11 is 0. The predicted octanol–water partition coefficient (Wildman–Crippen LogP) is 3.96. The minimum absolute atomic E-state index is 0.186. The quantitative estimate of drug-likeness (QED) is 0.664. The van der Waals surface area contributed by atoms with Gasteiger partial charge in [-0.05, 0) is 51.3 Å². The summed E-state index contributed by atoms with van der Waals surface area (Å²) < 4.78 is 7.64. The number of amides is 1. The van der Waals surface area contributed by atoms with Gasteiger partial charge in [0, 0.05) is 30.9 Å². The molecule has 3 heterocycles. The molecule has 2 aromatic heterocycles. The molecule has 0 spiro atoms. The summed E-state index contributed by atoms with van der Waals surface area (Å²) in [5, 5.41) is 10.4. The minimum Gasteiger partial charge on any atom is -0.508 e. The molecule has 0 unspecified atom stereocenters. The first kappa shape index (κ1) is 20.0. The molecule has 1 saturated heterocycles. The van der Waals surface area contributed by atoms with Crippen molar-refractivity contribution in [3.63, 3.8) is 0 Å². The number of likely N-dealkylation sites (tertiary alicyclic amines) is 1. The van der Waals surface area contributed by atoms with Crippen molar-refractivity contribution in [2.75, 3.05) is 18.8 Å². The predicted molar refractivity (Wildman–Crippen MR) is 115 cm³/mol. The number of nitrogen functional groups attached to an aromatic ring is 1. The fourth-order valence-electron chi connectivity index (χ4n) is 3.90. The molecule has 4 rings (SSSR count). The number of hydrogen-bond donors (Lipinski definition) is 2. The first-order chi connectivity index (χ1) is 14.2. The van der Waals surface area contributed by atoms with E-state index in [1.807, 2.05) is 32.9 Å². The highest BCUT2D eigenvalue weighted by atomic mass is 16.6. The lowest BCUT2D eigenvalue weighted by molar-refractivity contribution is 0.0189. The van der Waals surface area contributed by atoms with E-state index in [2.05, 4.69) is 20.7 Å². The van der Waals surface area contributed by atoms with Crippen molar-refractivity contribution in [1.29, 1.82) is 0 Å². The molecule has 1 amide bonds. The Hall–Kier alpha value is -3.29. The van der Waals surface area contributed by atoms with E-state index in [1.165, 1.54) is 6.33 Å². The molecular formula is C22H27N5O3. The lowest BCUT2D eigenvalue weighted by Crippen LogP contribution is -2.42. The second-order valence-electron chi connectivity index (χ2n) is 8.65. The summed E-state index contributed by atoms with van der Waals surface area (Å²) in [5.74, 6) is 0.634. The average molecular weight is 409 g/mol. The number of nitrogens with two attached hydrogens (primary N) is 1. The fourth-order valence-corrected chi connectivity index (χ4v) is 3.90. The maximum atomic E-state index is 12.4. The molecule has 0 radical (unpaired) electrons. The van der Waals surface area contributed by atoms with E-state index in [9.17, 15) is 9.90 Å². The average Bonchev–Trinajstić information content (AvgIpc) is 3.08. The normalized spacial score (nSPS) is 15.5. The van der Waals surface area contributed by atoms with Crippen LogP contribution in [0.5, 0.6) is 5.75 Å². The van der Waals surface area contributed by atoms with Crippen LogP contribution in [-0.2, 0) is 4.74 Å². The molecule has 0 bridgehead atoms. The maximum absolute atomic E-state index is 12.4. The molecule has 1 aromatic carbocycles. The van der Waals surface area contributed by atoms with Gasteiger partial charge in [0.25, 0.3) is 0 Å². The lowest BCUT2D eigenvalue weighted by atomic mass is 10.1. The van der Waals surface area contributed by atoms with Crippen LogP contribution in [0, 0.1) is 0 Å². The third-order valence-corrected chi connectivity index (χ3v) is 5.33. The molecule has 3 aromatic rings. The lowest BCUT2D eigenvalue weighted by Gasteiger charge is -2.34. The Kier molecular flexibility index (Phi) is 5.01. The van der Waals surface area contributed by atoms with Gasteiger partial charge in [-0.2, -0.15) is 0 Å². The van der Waals surface area contributed by atoms with Crippen LogP contribution in [0.15, 0.2) is 36.8 Å². The molecule has 8 nitrogen and oxygen atoms in total. The van der Waals surface area contributed by atoms with Crippen molar-refractivity contribution >= 4 is 22.9 Å². The van der Waals surface area contributed by atoms with Crippen LogP contribution in [0.3, 0.4) is 0 Å². The highest BCUT2D eigenvalue weighted by Gasteiger charge is 2.29. The molecule has 0 saturated carbocycles. The van der Waals surface area contributed by atoms with Gasteiger partial charge >= 0.3 is 6.09 Å². The van der Waals surface area contributed by atoms with Crippen molar-refractivity contribution < 1.29 is 14.6 Å². The highest BCUT2D eigenvalue weighted by molar-refractivity contribution is 6.00. The van der Waals surface area contributed by atoms with Crippen molar-refractivity contribution in [3.05, 3.63) is 36.8 Å². The van der Waals surface area contributed by atoms with Crippen LogP contribution in [-0.4, -0.2) is 49.3 Å². The van der Waals surface area contributed by atoms with Crippen LogP contribution in [0.4, 0.5) is 10.6 Å². The number of phenolic OH excluding ortho intramolecular Hbond substituents is 1. The Bertz CT molecular complexity index is 1060. The van der Waals surface area contributed by atoms with Gasteiger partial charge in [-0.3, -0.25) is 0 Å². The summed E-state index contributed by atoms with van der Waals surface area (Å²) in [5.41, 5.74) is 8.34. The van der Waals surface area contributed by atoms with E-state index in [1.54, 1.807) is 17.0 Å². The van der Waals surface area contributed by atoms with E-state index < -0.39 is 5.60 Å². The number of nitrogens with zero attached hydrogens (tertiary/aromatic N) is 4. The summed E-state index contributed by atoms with van der Waals surface area (Å²) in [6, 6.07) is 7.19. The summed E-state index contributed by atoms with van der Waals surface area (Å²) in [7, 11) is 0. The van der Waals surface area contributed by atoms with Crippen molar-refractivity contribution in [3.8, 4) is 16.9 Å². The van der Waals surface area contributed by atoms with E-state index >= 15 is 0 Å². The van der Waals surface area contributed by atoms with Gasteiger partial charge in [-0.15, -0.1) is 0 Å². The zero-order valence-corrected chi connectivity index (χ0v) is 17.5. The number of carbonyl (C=O) groups is 1. The number of fused-ring (bicyclic) bond motifs is 1. The Labute approximate surface area is 175 Å². The zero-order valence-electron chi connectivity index (χ0n) is 17.5. The number of carbonyl (C=O) groups excluding carboxylic acids is 1. The third-order valence-electron chi connectivity index (χ3n) is 5.33. The molecule has 1 aliphatic rings. The smallest absolute Gasteiger partial charge is 0.410 e. The SMILES string of the molecule is CC(C)(C)OC(=O)N1CCC(n2cc(-c3ccc(O)cc3)c3c(N)ncnc32)CC1. The molecule has 158 valence electrons. The number of piperidine rings is 1. The second kappa shape index (κ2) is 7.51. The number of aromatic nitrogens is 3. The summed E-state index contributed by atoms with van der Waals surface area (Å²) in [4.78, 5) is 22.8. The standard InChI is InChI=1S/C22H27N5O3/c1-22(2,3)30-21(29)26-10-8-15(9-11-26)27-12-17(14-4-6-16(28)7-5-14)18-19(23)24-13-25-20(18)27/h4-7,12-13,15,28H,8-11H2,1-3H3,(H2,23,24,25). The Morgan fingerprint density at radius 3 is 2.47 bits per heavy atom. The first-order valence-corrected chi connectivity index (χ1v) is 10.1. The largest absolute Gasteiger partial charge is 0.508 e. The van der Waals surface area contributed by atoms with Gasteiger partial charge in [0.05, 0.1) is 5.39 Å². The molecule has 3 N–H and O–H groups in total. The Morgan fingerprint density at radius 1 is 1.17 bits per heavy atom. The van der Waals surface area contributed by atoms with Crippen LogP contribution in [0.1, 0.15) is 39.7 Å². The monoisotopic (exact) mass is 409 g/mol. The van der Waals surface area contributed by atoms with Crippen LogP contribution < -0.4 is 5.73 Å². The van der Waals surface area contributed by atoms with Crippen molar-refractivity contribution in [2.24, 2.45) is 0 Å². The van der Waals surface area contributed by atoms with Gasteiger partial charge in [0.15, 0.2) is 0 Å². The number of anilines is 1. The summed E-state index contributed by atoms with van der Waals surface area (Å²) in [6.07, 6.45) is 4.85. The van der Waals surface area contributed by atoms with Gasteiger partial charge < -0.3 is 25.0 Å². The molecular weight excluding hydrogens is 382 g/mol. The van der Waals surface area contributed by atoms with Gasteiger partial charge in [-0.25, -0.2) is 14.8 Å². The number of ether oxygens (including phenoxy) is 1. The number of hydrogen-bond acceptors (Lipinski definition) is 6. The van der Waals surface area contributed by atoms with E-state index in [0.29, 0.717) is 18.9 Å². The van der Waals surface area contributed by atoms with Crippen molar-refractivity contribution in [2.45, 2.75) is 45.3 Å². The topological polar surface area (TPSA) is 106 Å². The maximum Gasteiger partial charge on any atom is 0.410 e. The number of phenols is 1. The fraction of sp³-hybridized carbons (Fsp3) is 0.409. The first-order valence-electron chi connectivity index (χ1n) is 10.1. The molecule has 1 fully saturated rings. The van der Waals surface area contributed by atoms with E-state index in [4.69, 9.17) is 10.5 Å². The van der Waals surface area contributed by atoms with Crippen LogP contribution >= 0.6 is 0 Å². The van der Waals surface area contributed by atoms with Gasteiger partial charge in [0.1, 0.15) is 29.1 Å². The molecule has 0 aliphatic carbocycles. The molecule has 1 aliphatic heterocycles. The van der Waals surface area contributed by atoms with Gasteiger partial charge in [-0.1, -0.05) is 12.1 Å². The highest BCUT2D eigenvalue weighted by Crippen LogP contribution is 2.37. The minimum atomic E-state index is -0.502. The second-order valence-corrected chi connectivity index (χ2v) is 8.65. The Morgan fingerprint density at radius 2 is 1.83 bits per heavy atom. The Balaban J connectivity index is 1.62. The number of benzene rings is 1. The number of aromatic hydroxyl groups is 1. The van der Waals surface area contributed by atoms with Crippen LogP contribution in [0.25, 0.3) is 22.2 Å². The summed E-state index contributed by atoms with van der Waals surface area (Å²) in [6.45, 7) is 6.86. The van der Waals surface area contributed by atoms with E-state index in [0.717, 1.165) is 35.0 Å². The molecule has 30 heavy (non-hydrogen) atoms. The number of rotatable bonds is 2. The zero-order chi connectivity index (χ0) is 21.5. The van der Waals surface area contributed by atoms with E-state index in [-0.39, 0.29) is 17.9 Å². The van der Waals surface area contributed by atoms with Crippen molar-refractivity contribution in [1.82, 2.24) is 19.4 Å². The van der Waals surface area contributed by atoms with Crippen LogP contribution in [0.2, 0.25) is 0 Å². The molecule has 0 atom stereocenters.